The predicted molar refractivity (Wildman–Crippen MR) is 95.6 cm³/mol. The van der Waals surface area contributed by atoms with Crippen LogP contribution in [0.25, 0.3) is 6.08 Å². The van der Waals surface area contributed by atoms with Crippen LogP contribution in [0.15, 0.2) is 30.3 Å². The summed E-state index contributed by atoms with van der Waals surface area (Å²) < 4.78 is 28.1. The summed E-state index contributed by atoms with van der Waals surface area (Å²) in [5.74, 6) is -0.903. The maximum atomic E-state index is 12.2. The fraction of sp³-hybridized carbons (Fsp3) is 0.444. The maximum absolute atomic E-state index is 12.2. The van der Waals surface area contributed by atoms with Crippen molar-refractivity contribution in [3.05, 3.63) is 41.5 Å². The Balaban J connectivity index is 1.85. The van der Waals surface area contributed by atoms with Gasteiger partial charge in [0.2, 0.25) is 0 Å². The largest absolute Gasteiger partial charge is 0.452 e. The molecule has 25 heavy (non-hydrogen) atoms. The van der Waals surface area contributed by atoms with Crippen molar-refractivity contribution in [2.75, 3.05) is 24.7 Å². The first-order chi connectivity index (χ1) is 11.8. The van der Waals surface area contributed by atoms with Gasteiger partial charge in [0, 0.05) is 18.7 Å². The highest BCUT2D eigenvalue weighted by atomic mass is 32.2. The molecule has 0 N–H and O–H groups in total. The number of benzene rings is 1. The number of rotatable bonds is 6. The molecule has 0 bridgehead atoms. The van der Waals surface area contributed by atoms with E-state index in [1.165, 1.54) is 11.0 Å². The number of nitrogens with zero attached hydrogens (tertiary/aromatic N) is 1. The van der Waals surface area contributed by atoms with E-state index in [2.05, 4.69) is 0 Å². The van der Waals surface area contributed by atoms with Gasteiger partial charge in [0.15, 0.2) is 16.4 Å². The minimum Gasteiger partial charge on any atom is -0.452 e. The molecule has 7 heteroatoms. The highest BCUT2D eigenvalue weighted by Crippen LogP contribution is 2.17. The second-order valence-corrected chi connectivity index (χ2v) is 8.32. The number of carbonyl (C=O) groups excluding carboxylic acids is 2. The third-order valence-corrected chi connectivity index (χ3v) is 5.89. The topological polar surface area (TPSA) is 80.8 Å². The molecule has 136 valence electrons. The van der Waals surface area contributed by atoms with Gasteiger partial charge >= 0.3 is 5.97 Å². The standard InChI is InChI=1S/C18H23NO5S/c1-3-19(16-10-11-25(22,23)13-16)17(20)12-24-18(21)9-8-15-6-4-14(2)5-7-15/h4-9,16H,3,10-13H2,1-2H3/b9-8+/t16-/m1/s1. The zero-order valence-corrected chi connectivity index (χ0v) is 15.3. The Morgan fingerprint density at radius 3 is 2.52 bits per heavy atom. The number of amides is 1. The highest BCUT2D eigenvalue weighted by molar-refractivity contribution is 7.91. The Labute approximate surface area is 148 Å². The molecule has 0 saturated carbocycles. The minimum atomic E-state index is -3.07. The summed E-state index contributed by atoms with van der Waals surface area (Å²) in [7, 11) is -3.07. The molecule has 2 rings (SSSR count). The smallest absolute Gasteiger partial charge is 0.331 e. The van der Waals surface area contributed by atoms with Crippen molar-refractivity contribution >= 4 is 27.8 Å². The maximum Gasteiger partial charge on any atom is 0.331 e. The molecule has 0 aliphatic carbocycles. The molecule has 1 amide bonds. The average Bonchev–Trinajstić information content (AvgIpc) is 2.92. The van der Waals surface area contributed by atoms with E-state index >= 15 is 0 Å². The summed E-state index contributed by atoms with van der Waals surface area (Å²) in [5.41, 5.74) is 1.99. The predicted octanol–water partition coefficient (Wildman–Crippen LogP) is 1.59. The van der Waals surface area contributed by atoms with E-state index in [1.54, 1.807) is 13.0 Å². The fourth-order valence-corrected chi connectivity index (χ4v) is 4.50. The van der Waals surface area contributed by atoms with E-state index in [4.69, 9.17) is 4.74 Å². The Kier molecular flexibility index (Phi) is 6.36. The van der Waals surface area contributed by atoms with E-state index < -0.39 is 15.8 Å². The summed E-state index contributed by atoms with van der Waals surface area (Å²) >= 11 is 0. The number of hydrogen-bond donors (Lipinski definition) is 0. The molecular formula is C18H23NO5S. The molecule has 1 aromatic carbocycles. The Bertz CT molecular complexity index is 752. The van der Waals surface area contributed by atoms with Gasteiger partial charge in [0.05, 0.1) is 11.5 Å². The van der Waals surface area contributed by atoms with Crippen LogP contribution in [0.1, 0.15) is 24.5 Å². The van der Waals surface area contributed by atoms with Crippen molar-refractivity contribution in [1.29, 1.82) is 0 Å². The van der Waals surface area contributed by atoms with Crippen LogP contribution in [-0.2, 0) is 24.2 Å². The van der Waals surface area contributed by atoms with Gasteiger partial charge in [-0.25, -0.2) is 13.2 Å². The monoisotopic (exact) mass is 365 g/mol. The Morgan fingerprint density at radius 2 is 1.96 bits per heavy atom. The van der Waals surface area contributed by atoms with Crippen molar-refractivity contribution in [3.8, 4) is 0 Å². The number of esters is 1. The summed E-state index contributed by atoms with van der Waals surface area (Å²) in [6.07, 6.45) is 3.32. The quantitative estimate of drug-likeness (QED) is 0.565. The summed E-state index contributed by atoms with van der Waals surface area (Å²) in [6.45, 7) is 3.75. The molecule has 0 radical (unpaired) electrons. The molecule has 0 aromatic heterocycles. The van der Waals surface area contributed by atoms with Gasteiger partial charge in [-0.3, -0.25) is 4.79 Å². The van der Waals surface area contributed by atoms with Gasteiger partial charge in [0.1, 0.15) is 0 Å². The lowest BCUT2D eigenvalue weighted by Gasteiger charge is -2.26. The van der Waals surface area contributed by atoms with E-state index in [-0.39, 0.29) is 30.1 Å². The van der Waals surface area contributed by atoms with Gasteiger partial charge in [0.25, 0.3) is 5.91 Å². The molecule has 1 saturated heterocycles. The van der Waals surface area contributed by atoms with Crippen LogP contribution >= 0.6 is 0 Å². The summed E-state index contributed by atoms with van der Waals surface area (Å²) in [5, 5.41) is 0. The van der Waals surface area contributed by atoms with Crippen LogP contribution < -0.4 is 0 Å². The lowest BCUT2D eigenvalue weighted by molar-refractivity contribution is -0.149. The first-order valence-electron chi connectivity index (χ1n) is 8.22. The number of carbonyl (C=O) groups is 2. The van der Waals surface area contributed by atoms with E-state index in [0.29, 0.717) is 13.0 Å². The number of aryl methyl sites for hydroxylation is 1. The van der Waals surface area contributed by atoms with E-state index in [9.17, 15) is 18.0 Å². The Morgan fingerprint density at radius 1 is 1.28 bits per heavy atom. The van der Waals surface area contributed by atoms with Crippen LogP contribution in [0, 0.1) is 6.92 Å². The van der Waals surface area contributed by atoms with Gasteiger partial charge in [-0.2, -0.15) is 0 Å². The van der Waals surface area contributed by atoms with Crippen molar-refractivity contribution in [3.63, 3.8) is 0 Å². The van der Waals surface area contributed by atoms with Crippen LogP contribution in [-0.4, -0.2) is 55.9 Å². The molecule has 1 atom stereocenters. The van der Waals surface area contributed by atoms with E-state index in [0.717, 1.165) is 11.1 Å². The van der Waals surface area contributed by atoms with Crippen LogP contribution in [0.3, 0.4) is 0 Å². The zero-order chi connectivity index (χ0) is 18.4. The number of likely N-dealkylation sites (N-methyl/N-ethyl adjacent to an activating group) is 1. The molecule has 1 fully saturated rings. The first kappa shape index (κ1) is 19.2. The normalized spacial score (nSPS) is 19.0. The molecule has 1 aliphatic heterocycles. The minimum absolute atomic E-state index is 0.0200. The number of hydrogen-bond acceptors (Lipinski definition) is 5. The third kappa shape index (κ3) is 5.70. The van der Waals surface area contributed by atoms with E-state index in [1.807, 2.05) is 31.2 Å². The summed E-state index contributed by atoms with van der Waals surface area (Å²) in [4.78, 5) is 25.4. The second kappa shape index (κ2) is 8.29. The lowest BCUT2D eigenvalue weighted by Crippen LogP contribution is -2.43. The van der Waals surface area contributed by atoms with Crippen LogP contribution in [0.5, 0.6) is 0 Å². The fourth-order valence-electron chi connectivity index (χ4n) is 2.77. The van der Waals surface area contributed by atoms with Crippen LogP contribution in [0.4, 0.5) is 0 Å². The molecule has 1 aromatic rings. The van der Waals surface area contributed by atoms with Crippen molar-refractivity contribution < 1.29 is 22.7 Å². The van der Waals surface area contributed by atoms with Crippen LogP contribution in [0.2, 0.25) is 0 Å². The van der Waals surface area contributed by atoms with Crippen molar-refractivity contribution in [2.45, 2.75) is 26.3 Å². The SMILES string of the molecule is CCN(C(=O)COC(=O)/C=C/c1ccc(C)cc1)[C@@H]1CCS(=O)(=O)C1. The lowest BCUT2D eigenvalue weighted by atomic mass is 10.1. The molecule has 1 heterocycles. The van der Waals surface area contributed by atoms with Gasteiger partial charge in [-0.15, -0.1) is 0 Å². The number of sulfone groups is 1. The number of ether oxygens (including phenoxy) is 1. The van der Waals surface area contributed by atoms with Gasteiger partial charge in [-0.1, -0.05) is 29.8 Å². The first-order valence-corrected chi connectivity index (χ1v) is 10.0. The molecule has 6 nitrogen and oxygen atoms in total. The molecule has 0 unspecified atom stereocenters. The Hall–Kier alpha value is -2.15. The van der Waals surface area contributed by atoms with Crippen molar-refractivity contribution in [2.24, 2.45) is 0 Å². The summed E-state index contributed by atoms with van der Waals surface area (Å²) in [6, 6.07) is 7.30. The molecule has 1 aliphatic rings. The van der Waals surface area contributed by atoms with Gasteiger partial charge in [-0.05, 0) is 31.9 Å². The average molecular weight is 365 g/mol. The third-order valence-electron chi connectivity index (χ3n) is 4.14. The highest BCUT2D eigenvalue weighted by Gasteiger charge is 2.34. The zero-order valence-electron chi connectivity index (χ0n) is 14.5. The van der Waals surface area contributed by atoms with Gasteiger partial charge < -0.3 is 9.64 Å². The second-order valence-electron chi connectivity index (χ2n) is 6.09. The van der Waals surface area contributed by atoms with Crippen molar-refractivity contribution in [1.82, 2.24) is 4.90 Å². The molecule has 0 spiro atoms. The molecular weight excluding hydrogens is 342 g/mol.